The normalized spacial score (nSPS) is 25.8. The van der Waals surface area contributed by atoms with Gasteiger partial charge in [-0.2, -0.15) is 13.2 Å². The topological polar surface area (TPSA) is 20.2 Å². The zero-order chi connectivity index (χ0) is 15.0. The van der Waals surface area contributed by atoms with Crippen molar-refractivity contribution in [1.82, 2.24) is 0 Å². The Bertz CT molecular complexity index is 627. The minimum Gasteiger partial charge on any atom is -0.379 e. The second kappa shape index (κ2) is 5.19. The monoisotopic (exact) mass is 292 g/mol. The molecule has 110 valence electrons. The summed E-state index contributed by atoms with van der Waals surface area (Å²) in [6.07, 6.45) is 8.87. The molecule has 21 heavy (non-hydrogen) atoms. The van der Waals surface area contributed by atoms with Crippen LogP contribution in [0.1, 0.15) is 12.8 Å². The van der Waals surface area contributed by atoms with E-state index in [4.69, 9.17) is 0 Å². The van der Waals surface area contributed by atoms with Gasteiger partial charge in [0, 0.05) is 11.5 Å². The summed E-state index contributed by atoms with van der Waals surface area (Å²) in [6, 6.07) is 0. The summed E-state index contributed by atoms with van der Waals surface area (Å²) in [7, 11) is 0. The Morgan fingerprint density at radius 2 is 1.81 bits per heavy atom. The van der Waals surface area contributed by atoms with Gasteiger partial charge in [0.05, 0.1) is 0 Å². The van der Waals surface area contributed by atoms with Crippen molar-refractivity contribution in [2.24, 2.45) is 5.92 Å². The lowest BCUT2D eigenvalue weighted by molar-refractivity contribution is -0.190. The van der Waals surface area contributed by atoms with Crippen molar-refractivity contribution in [3.05, 3.63) is 70.9 Å². The first-order valence-electron chi connectivity index (χ1n) is 6.91. The fraction of sp³-hybridized carbons (Fsp3) is 0.294. The van der Waals surface area contributed by atoms with Crippen molar-refractivity contribution in [3.8, 4) is 0 Å². The molecule has 0 aromatic rings. The number of hydrogen-bond acceptors (Lipinski definition) is 1. The first kappa shape index (κ1) is 14.1. The molecule has 0 aromatic carbocycles. The van der Waals surface area contributed by atoms with Gasteiger partial charge in [-0.15, -0.1) is 0 Å². The molecule has 0 saturated carbocycles. The van der Waals surface area contributed by atoms with Crippen LogP contribution >= 0.6 is 0 Å². The predicted octanol–water partition coefficient (Wildman–Crippen LogP) is 4.16. The Hall–Kier alpha value is -1.81. The lowest BCUT2D eigenvalue weighted by Gasteiger charge is -2.26. The molecule has 0 aromatic heterocycles. The molecule has 0 fully saturated rings. The molecular formula is C17H15F3O. The highest BCUT2D eigenvalue weighted by Gasteiger charge is 2.44. The van der Waals surface area contributed by atoms with E-state index in [-0.39, 0.29) is 11.5 Å². The average Bonchev–Trinajstić information content (AvgIpc) is 2.62. The van der Waals surface area contributed by atoms with E-state index >= 15 is 0 Å². The molecule has 0 aliphatic heterocycles. The molecule has 0 heterocycles. The highest BCUT2D eigenvalue weighted by Crippen LogP contribution is 2.41. The Morgan fingerprint density at radius 3 is 2.57 bits per heavy atom. The number of alkyl halides is 3. The van der Waals surface area contributed by atoms with Crippen LogP contribution in [0.25, 0.3) is 0 Å². The quantitative estimate of drug-likeness (QED) is 0.769. The van der Waals surface area contributed by atoms with Gasteiger partial charge in [-0.3, -0.25) is 0 Å². The molecule has 0 amide bonds. The molecule has 3 aliphatic carbocycles. The van der Waals surface area contributed by atoms with E-state index in [1.807, 2.05) is 30.4 Å². The maximum absolute atomic E-state index is 13.1. The van der Waals surface area contributed by atoms with Gasteiger partial charge in [0.15, 0.2) is 6.10 Å². The third-order valence-electron chi connectivity index (χ3n) is 3.92. The summed E-state index contributed by atoms with van der Waals surface area (Å²) in [6.45, 7) is 0. The summed E-state index contributed by atoms with van der Waals surface area (Å²) in [5.74, 6) is -0.227. The molecule has 0 bridgehead atoms. The van der Waals surface area contributed by atoms with Crippen molar-refractivity contribution >= 4 is 0 Å². The van der Waals surface area contributed by atoms with E-state index in [0.717, 1.165) is 12.0 Å². The van der Waals surface area contributed by atoms with Crippen molar-refractivity contribution in [2.75, 3.05) is 0 Å². The Kier molecular flexibility index (Phi) is 3.49. The maximum Gasteiger partial charge on any atom is 0.418 e. The number of halogens is 3. The second-order valence-corrected chi connectivity index (χ2v) is 5.30. The van der Waals surface area contributed by atoms with Crippen LogP contribution in [0, 0.1) is 5.92 Å². The molecule has 4 heteroatoms. The van der Waals surface area contributed by atoms with Gasteiger partial charge < -0.3 is 5.11 Å². The number of fused-ring (bicyclic) bond motifs is 2. The van der Waals surface area contributed by atoms with Crippen LogP contribution in [-0.2, 0) is 0 Å². The molecule has 1 unspecified atom stereocenters. The van der Waals surface area contributed by atoms with Gasteiger partial charge in [-0.05, 0) is 29.6 Å². The van der Waals surface area contributed by atoms with Crippen molar-refractivity contribution in [2.45, 2.75) is 25.1 Å². The van der Waals surface area contributed by atoms with Crippen molar-refractivity contribution in [3.63, 3.8) is 0 Å². The first-order valence-corrected chi connectivity index (χ1v) is 6.91. The molecule has 1 N–H and O–H groups in total. The number of aliphatic hydroxyl groups is 1. The van der Waals surface area contributed by atoms with Crippen LogP contribution in [0.2, 0.25) is 0 Å². The zero-order valence-corrected chi connectivity index (χ0v) is 11.3. The third kappa shape index (κ3) is 2.56. The van der Waals surface area contributed by atoms with E-state index in [0.29, 0.717) is 17.6 Å². The number of hydrogen-bond donors (Lipinski definition) is 1. The minimum atomic E-state index is -4.67. The van der Waals surface area contributed by atoms with E-state index < -0.39 is 12.3 Å². The molecule has 3 rings (SSSR count). The fourth-order valence-electron chi connectivity index (χ4n) is 2.94. The van der Waals surface area contributed by atoms with Gasteiger partial charge in [0.25, 0.3) is 0 Å². The fourth-order valence-corrected chi connectivity index (χ4v) is 2.94. The highest BCUT2D eigenvalue weighted by atomic mass is 19.4. The second-order valence-electron chi connectivity index (χ2n) is 5.30. The molecule has 0 radical (unpaired) electrons. The Balaban J connectivity index is 2.20. The molecule has 0 saturated heterocycles. The number of aliphatic hydroxyl groups excluding tert-OH is 1. The molecule has 1 nitrogen and oxygen atoms in total. The Morgan fingerprint density at radius 1 is 1.05 bits per heavy atom. The van der Waals surface area contributed by atoms with E-state index in [2.05, 4.69) is 0 Å². The SMILES string of the molecule is O[C@H](C1=C2C=CC=CC2C=CC2=CCCC=C21)C(F)(F)F. The summed E-state index contributed by atoms with van der Waals surface area (Å²) >= 11 is 0. The molecule has 2 atom stereocenters. The van der Waals surface area contributed by atoms with Crippen molar-refractivity contribution < 1.29 is 18.3 Å². The predicted molar refractivity (Wildman–Crippen MR) is 75.4 cm³/mol. The molecule has 0 spiro atoms. The zero-order valence-electron chi connectivity index (χ0n) is 11.3. The van der Waals surface area contributed by atoms with Crippen LogP contribution in [0.3, 0.4) is 0 Å². The van der Waals surface area contributed by atoms with E-state index in [9.17, 15) is 18.3 Å². The molecule has 3 aliphatic rings. The summed E-state index contributed by atoms with van der Waals surface area (Å²) in [5.41, 5.74) is 1.79. The van der Waals surface area contributed by atoms with E-state index in [1.165, 1.54) is 0 Å². The number of allylic oxidation sites excluding steroid dienone is 10. The minimum absolute atomic E-state index is 0.0101. The van der Waals surface area contributed by atoms with Crippen LogP contribution in [0.5, 0.6) is 0 Å². The number of rotatable bonds is 1. The molecular weight excluding hydrogens is 277 g/mol. The van der Waals surface area contributed by atoms with Gasteiger partial charge in [0.2, 0.25) is 0 Å². The van der Waals surface area contributed by atoms with Crippen LogP contribution in [-0.4, -0.2) is 17.4 Å². The van der Waals surface area contributed by atoms with Gasteiger partial charge in [-0.1, -0.05) is 48.6 Å². The van der Waals surface area contributed by atoms with Gasteiger partial charge >= 0.3 is 6.18 Å². The van der Waals surface area contributed by atoms with E-state index in [1.54, 1.807) is 18.2 Å². The largest absolute Gasteiger partial charge is 0.418 e. The average molecular weight is 292 g/mol. The van der Waals surface area contributed by atoms with Gasteiger partial charge in [0.1, 0.15) is 0 Å². The standard InChI is InChI=1S/C17H15F3O/c18-17(19,20)16(21)15-13-7-3-1-5-11(13)9-10-12-6-2-4-8-14(12)15/h1,3,5-11,16,21H,2,4H2/t11?,16-/m1/s1. The lowest BCUT2D eigenvalue weighted by Crippen LogP contribution is -2.32. The van der Waals surface area contributed by atoms with Crippen LogP contribution in [0.15, 0.2) is 70.9 Å². The highest BCUT2D eigenvalue weighted by molar-refractivity contribution is 5.62. The summed E-state index contributed by atoms with van der Waals surface area (Å²) < 4.78 is 39.3. The Labute approximate surface area is 121 Å². The lowest BCUT2D eigenvalue weighted by atomic mass is 9.83. The summed E-state index contributed by atoms with van der Waals surface area (Å²) in [5, 5.41) is 9.88. The van der Waals surface area contributed by atoms with Gasteiger partial charge in [-0.25, -0.2) is 0 Å². The van der Waals surface area contributed by atoms with Crippen LogP contribution in [0.4, 0.5) is 13.2 Å². The smallest absolute Gasteiger partial charge is 0.379 e. The first-order chi connectivity index (χ1) is 9.98. The van der Waals surface area contributed by atoms with Crippen molar-refractivity contribution in [1.29, 1.82) is 0 Å². The maximum atomic E-state index is 13.1. The summed E-state index contributed by atoms with van der Waals surface area (Å²) in [4.78, 5) is 0. The third-order valence-corrected chi connectivity index (χ3v) is 3.92. The van der Waals surface area contributed by atoms with Crippen LogP contribution < -0.4 is 0 Å².